The fourth-order valence-electron chi connectivity index (χ4n) is 3.86. The Bertz CT molecular complexity index is 1310. The van der Waals surface area contributed by atoms with Gasteiger partial charge in [-0.25, -0.2) is 0 Å². The third kappa shape index (κ3) is 4.47. The predicted molar refractivity (Wildman–Crippen MR) is 129 cm³/mol. The van der Waals surface area contributed by atoms with Gasteiger partial charge in [0.2, 0.25) is 0 Å². The number of hydrogen-bond donors (Lipinski definition) is 1. The van der Waals surface area contributed by atoms with Crippen molar-refractivity contribution in [3.05, 3.63) is 77.1 Å². The van der Waals surface area contributed by atoms with Gasteiger partial charge in [0.15, 0.2) is 22.5 Å². The van der Waals surface area contributed by atoms with Gasteiger partial charge in [0, 0.05) is 22.5 Å². The number of nitrogens with one attached hydrogen (secondary N) is 1. The van der Waals surface area contributed by atoms with Gasteiger partial charge in [-0.2, -0.15) is 0 Å². The first-order valence-electron chi connectivity index (χ1n) is 10.4. The van der Waals surface area contributed by atoms with Crippen LogP contribution in [0, 0.1) is 13.8 Å². The standard InChI is InChI=1S/C25H24N4O3S/c1-15-22(17(3)30)16(2)26-23(15)21(31)14-33-25-28-27-24(18-10-12-20(32-4)13-11-18)29(25)19-8-6-5-7-9-19/h5-13,26H,14H2,1-4H3. The Kier molecular flexibility index (Phi) is 6.46. The summed E-state index contributed by atoms with van der Waals surface area (Å²) in [6.45, 7) is 5.11. The number of thioether (sulfide) groups is 1. The van der Waals surface area contributed by atoms with Crippen LogP contribution >= 0.6 is 11.8 Å². The average Bonchev–Trinajstić information content (AvgIpc) is 3.38. The lowest BCUT2D eigenvalue weighted by Crippen LogP contribution is -2.07. The maximum absolute atomic E-state index is 13.0. The van der Waals surface area contributed by atoms with Crippen LogP contribution in [-0.2, 0) is 0 Å². The normalized spacial score (nSPS) is 10.9. The van der Waals surface area contributed by atoms with E-state index in [1.165, 1.54) is 18.7 Å². The first-order chi connectivity index (χ1) is 15.9. The topological polar surface area (TPSA) is 89.9 Å². The molecule has 0 saturated carbocycles. The number of carbonyl (C=O) groups excluding carboxylic acids is 2. The number of aromatic amines is 1. The highest BCUT2D eigenvalue weighted by Crippen LogP contribution is 2.30. The molecule has 168 valence electrons. The van der Waals surface area contributed by atoms with Crippen molar-refractivity contribution >= 4 is 23.3 Å². The highest BCUT2D eigenvalue weighted by atomic mass is 32.2. The number of hydrogen-bond acceptors (Lipinski definition) is 6. The monoisotopic (exact) mass is 460 g/mol. The van der Waals surface area contributed by atoms with Crippen molar-refractivity contribution in [3.63, 3.8) is 0 Å². The number of ether oxygens (including phenoxy) is 1. The molecule has 33 heavy (non-hydrogen) atoms. The van der Waals surface area contributed by atoms with Crippen LogP contribution in [0.15, 0.2) is 59.8 Å². The number of rotatable bonds is 8. The van der Waals surface area contributed by atoms with Crippen LogP contribution in [-0.4, -0.2) is 44.2 Å². The van der Waals surface area contributed by atoms with Crippen molar-refractivity contribution < 1.29 is 14.3 Å². The third-order valence-corrected chi connectivity index (χ3v) is 6.33. The molecule has 0 saturated heterocycles. The van der Waals surface area contributed by atoms with Gasteiger partial charge in [-0.15, -0.1) is 10.2 Å². The van der Waals surface area contributed by atoms with Crippen molar-refractivity contribution in [2.75, 3.05) is 12.9 Å². The Morgan fingerprint density at radius 2 is 1.73 bits per heavy atom. The number of nitrogens with zero attached hydrogens (tertiary/aromatic N) is 3. The molecule has 2 aromatic heterocycles. The van der Waals surface area contributed by atoms with E-state index in [1.54, 1.807) is 21.0 Å². The largest absolute Gasteiger partial charge is 0.497 e. The van der Waals surface area contributed by atoms with Gasteiger partial charge < -0.3 is 9.72 Å². The lowest BCUT2D eigenvalue weighted by atomic mass is 10.1. The van der Waals surface area contributed by atoms with Gasteiger partial charge in [0.1, 0.15) is 5.75 Å². The first kappa shape index (κ1) is 22.5. The average molecular weight is 461 g/mol. The molecule has 1 N–H and O–H groups in total. The van der Waals surface area contributed by atoms with Crippen molar-refractivity contribution in [1.82, 2.24) is 19.7 Å². The molecule has 4 aromatic rings. The molecule has 0 atom stereocenters. The molecule has 0 bridgehead atoms. The number of ketones is 2. The molecule has 2 heterocycles. The van der Waals surface area contributed by atoms with Crippen LogP contribution in [0.2, 0.25) is 0 Å². The molecule has 4 rings (SSSR count). The molecule has 7 nitrogen and oxygen atoms in total. The van der Waals surface area contributed by atoms with E-state index in [4.69, 9.17) is 4.74 Å². The highest BCUT2D eigenvalue weighted by molar-refractivity contribution is 7.99. The van der Waals surface area contributed by atoms with Crippen LogP contribution in [0.25, 0.3) is 17.1 Å². The Balaban J connectivity index is 1.66. The van der Waals surface area contributed by atoms with Crippen molar-refractivity contribution in [2.45, 2.75) is 25.9 Å². The second-order valence-electron chi connectivity index (χ2n) is 7.60. The van der Waals surface area contributed by atoms with E-state index < -0.39 is 0 Å². The summed E-state index contributed by atoms with van der Waals surface area (Å²) in [6, 6.07) is 17.4. The molecular formula is C25H24N4O3S. The fourth-order valence-corrected chi connectivity index (χ4v) is 4.68. The second-order valence-corrected chi connectivity index (χ2v) is 8.54. The zero-order valence-corrected chi connectivity index (χ0v) is 19.7. The van der Waals surface area contributed by atoms with E-state index in [0.717, 1.165) is 17.0 Å². The fraction of sp³-hybridized carbons (Fsp3) is 0.200. The predicted octanol–water partition coefficient (Wildman–Crippen LogP) is 5.07. The number of aryl methyl sites for hydroxylation is 1. The SMILES string of the molecule is COc1ccc(-c2nnc(SCC(=O)c3[nH]c(C)c(C(C)=O)c3C)n2-c2ccccc2)cc1. The number of carbonyl (C=O) groups is 2. The van der Waals surface area contributed by atoms with Gasteiger partial charge in [0.25, 0.3) is 0 Å². The van der Waals surface area contributed by atoms with Gasteiger partial charge in [0.05, 0.1) is 18.6 Å². The van der Waals surface area contributed by atoms with Gasteiger partial charge in [-0.1, -0.05) is 30.0 Å². The summed E-state index contributed by atoms with van der Waals surface area (Å²) in [6.07, 6.45) is 0. The lowest BCUT2D eigenvalue weighted by Gasteiger charge is -2.10. The van der Waals surface area contributed by atoms with Crippen LogP contribution in [0.3, 0.4) is 0 Å². The molecule has 0 unspecified atom stereocenters. The Labute approximate surface area is 196 Å². The third-order valence-electron chi connectivity index (χ3n) is 5.40. The summed E-state index contributed by atoms with van der Waals surface area (Å²) in [4.78, 5) is 28.0. The van der Waals surface area contributed by atoms with E-state index in [0.29, 0.717) is 33.5 Å². The number of para-hydroxylation sites is 1. The molecule has 0 aliphatic rings. The molecule has 0 amide bonds. The first-order valence-corrected chi connectivity index (χ1v) is 11.4. The molecule has 0 spiro atoms. The molecule has 0 aliphatic carbocycles. The van der Waals surface area contributed by atoms with Crippen molar-refractivity contribution in [1.29, 1.82) is 0 Å². The summed E-state index contributed by atoms with van der Waals surface area (Å²) in [7, 11) is 1.62. The van der Waals surface area contributed by atoms with E-state index in [1.807, 2.05) is 59.2 Å². The Morgan fingerprint density at radius 1 is 1.03 bits per heavy atom. The lowest BCUT2D eigenvalue weighted by molar-refractivity contribution is 0.101. The number of benzene rings is 2. The molecule has 2 aromatic carbocycles. The summed E-state index contributed by atoms with van der Waals surface area (Å²) in [5.41, 5.74) is 4.22. The molecular weight excluding hydrogens is 436 g/mol. The van der Waals surface area contributed by atoms with E-state index in [9.17, 15) is 9.59 Å². The summed E-state index contributed by atoms with van der Waals surface area (Å²) < 4.78 is 7.20. The zero-order chi connectivity index (χ0) is 23.5. The Hall–Kier alpha value is -3.65. The molecule has 0 aliphatic heterocycles. The van der Waals surface area contributed by atoms with Crippen molar-refractivity contribution in [3.8, 4) is 22.8 Å². The number of aromatic nitrogens is 4. The van der Waals surface area contributed by atoms with Gasteiger partial charge >= 0.3 is 0 Å². The quantitative estimate of drug-likeness (QED) is 0.292. The highest BCUT2D eigenvalue weighted by Gasteiger charge is 2.22. The van der Waals surface area contributed by atoms with E-state index in [2.05, 4.69) is 15.2 Å². The number of H-pyrrole nitrogens is 1. The molecule has 0 radical (unpaired) electrons. The van der Waals surface area contributed by atoms with E-state index >= 15 is 0 Å². The molecule has 8 heteroatoms. The molecule has 0 fully saturated rings. The van der Waals surface area contributed by atoms with Gasteiger partial charge in [-0.05, 0) is 62.7 Å². The van der Waals surface area contributed by atoms with Crippen LogP contribution in [0.1, 0.15) is 39.0 Å². The number of Topliss-reactive ketones (excluding diaryl/α,β-unsaturated/α-hetero) is 2. The van der Waals surface area contributed by atoms with Gasteiger partial charge in [-0.3, -0.25) is 14.2 Å². The smallest absolute Gasteiger partial charge is 0.196 e. The minimum absolute atomic E-state index is 0.0547. The van der Waals surface area contributed by atoms with Crippen LogP contribution < -0.4 is 4.74 Å². The number of methoxy groups -OCH3 is 1. The van der Waals surface area contributed by atoms with E-state index in [-0.39, 0.29) is 17.3 Å². The zero-order valence-electron chi connectivity index (χ0n) is 18.9. The maximum atomic E-state index is 13.0. The van der Waals surface area contributed by atoms with Crippen LogP contribution in [0.4, 0.5) is 0 Å². The second kappa shape index (κ2) is 9.46. The van der Waals surface area contributed by atoms with Crippen LogP contribution in [0.5, 0.6) is 5.75 Å². The maximum Gasteiger partial charge on any atom is 0.196 e. The minimum atomic E-state index is -0.0956. The minimum Gasteiger partial charge on any atom is -0.497 e. The van der Waals surface area contributed by atoms with Crippen molar-refractivity contribution in [2.24, 2.45) is 0 Å². The Morgan fingerprint density at radius 3 is 2.33 bits per heavy atom. The summed E-state index contributed by atoms with van der Waals surface area (Å²) >= 11 is 1.31. The summed E-state index contributed by atoms with van der Waals surface area (Å²) in [5.74, 6) is 1.43. The summed E-state index contributed by atoms with van der Waals surface area (Å²) in [5, 5.41) is 9.40.